The summed E-state index contributed by atoms with van der Waals surface area (Å²) in [5.74, 6) is -0.244. The summed E-state index contributed by atoms with van der Waals surface area (Å²) in [6, 6.07) is 8.21. The summed E-state index contributed by atoms with van der Waals surface area (Å²) < 4.78 is 0.567. The third-order valence-corrected chi connectivity index (χ3v) is 3.75. The highest BCUT2D eigenvalue weighted by Gasteiger charge is 2.10. The number of thiophene rings is 1. The molecule has 0 aliphatic carbocycles. The van der Waals surface area contributed by atoms with Gasteiger partial charge in [0.25, 0.3) is 5.91 Å². The Morgan fingerprint density at radius 1 is 1.12 bits per heavy atom. The number of amides is 1. The lowest BCUT2D eigenvalue weighted by molar-refractivity contribution is 0.103. The van der Waals surface area contributed by atoms with Crippen molar-refractivity contribution in [2.24, 2.45) is 0 Å². The molecule has 0 fully saturated rings. The van der Waals surface area contributed by atoms with Crippen molar-refractivity contribution in [3.8, 4) is 0 Å². The van der Waals surface area contributed by atoms with Crippen molar-refractivity contribution < 1.29 is 4.79 Å². The Morgan fingerprint density at radius 2 is 1.88 bits per heavy atom. The summed E-state index contributed by atoms with van der Waals surface area (Å²) in [6.45, 7) is 0. The second-order valence-electron chi connectivity index (χ2n) is 3.18. The smallest absolute Gasteiger partial charge is 0.265 e. The summed E-state index contributed by atoms with van der Waals surface area (Å²) in [5.41, 5.74) is 0.519. The van der Waals surface area contributed by atoms with Crippen LogP contribution in [0.15, 0.2) is 30.3 Å². The van der Waals surface area contributed by atoms with E-state index in [2.05, 4.69) is 5.32 Å². The predicted octanol–water partition coefficient (Wildman–Crippen LogP) is 4.96. The number of carbonyl (C=O) groups is 1. The second-order valence-corrected chi connectivity index (χ2v) is 5.74. The van der Waals surface area contributed by atoms with Crippen LogP contribution in [0.25, 0.3) is 0 Å². The van der Waals surface area contributed by atoms with E-state index in [0.29, 0.717) is 24.9 Å². The number of hydrogen-bond donors (Lipinski definition) is 1. The van der Waals surface area contributed by atoms with E-state index in [-0.39, 0.29) is 5.91 Å². The summed E-state index contributed by atoms with van der Waals surface area (Å²) >= 11 is 18.7. The second kappa shape index (κ2) is 5.27. The van der Waals surface area contributed by atoms with Crippen LogP contribution in [0.2, 0.25) is 14.4 Å². The SMILES string of the molecule is O=C(Nc1ccc(Cl)cc1Cl)c1ccc(Cl)s1. The highest BCUT2D eigenvalue weighted by Crippen LogP contribution is 2.27. The molecule has 1 N–H and O–H groups in total. The minimum absolute atomic E-state index is 0.244. The maximum Gasteiger partial charge on any atom is 0.265 e. The molecule has 0 aliphatic rings. The lowest BCUT2D eigenvalue weighted by Gasteiger charge is -2.05. The van der Waals surface area contributed by atoms with E-state index in [4.69, 9.17) is 34.8 Å². The maximum atomic E-state index is 11.8. The van der Waals surface area contributed by atoms with Gasteiger partial charge in [0.15, 0.2) is 0 Å². The Balaban J connectivity index is 2.18. The van der Waals surface area contributed by atoms with Crippen molar-refractivity contribution in [3.63, 3.8) is 0 Å². The molecule has 2 aromatic rings. The standard InChI is InChI=1S/C11H6Cl3NOS/c12-6-1-2-8(7(13)5-6)15-11(16)9-3-4-10(14)17-9/h1-5H,(H,15,16). The van der Waals surface area contributed by atoms with Gasteiger partial charge in [0, 0.05) is 5.02 Å². The zero-order chi connectivity index (χ0) is 12.4. The van der Waals surface area contributed by atoms with E-state index in [1.54, 1.807) is 30.3 Å². The molecule has 1 aromatic heterocycles. The number of rotatable bonds is 2. The lowest BCUT2D eigenvalue weighted by atomic mass is 10.3. The topological polar surface area (TPSA) is 29.1 Å². The number of nitrogens with one attached hydrogen (secondary N) is 1. The molecular weight excluding hydrogens is 301 g/mol. The molecule has 0 radical (unpaired) electrons. The van der Waals surface area contributed by atoms with Gasteiger partial charge in [-0.25, -0.2) is 0 Å². The Labute approximate surface area is 117 Å². The zero-order valence-electron chi connectivity index (χ0n) is 8.34. The first-order valence-electron chi connectivity index (χ1n) is 4.58. The maximum absolute atomic E-state index is 11.8. The molecule has 0 bridgehead atoms. The van der Waals surface area contributed by atoms with Gasteiger partial charge in [-0.15, -0.1) is 11.3 Å². The minimum Gasteiger partial charge on any atom is -0.320 e. The van der Waals surface area contributed by atoms with Crippen LogP contribution in [-0.2, 0) is 0 Å². The van der Waals surface area contributed by atoms with Crippen molar-refractivity contribution in [2.45, 2.75) is 0 Å². The summed E-state index contributed by atoms with van der Waals surface area (Å²) in [6.07, 6.45) is 0. The van der Waals surface area contributed by atoms with Crippen molar-refractivity contribution in [1.82, 2.24) is 0 Å². The van der Waals surface area contributed by atoms with E-state index in [9.17, 15) is 4.79 Å². The summed E-state index contributed by atoms with van der Waals surface area (Å²) in [7, 11) is 0. The molecule has 88 valence electrons. The molecule has 2 rings (SSSR count). The molecule has 0 spiro atoms. The molecule has 2 nitrogen and oxygen atoms in total. The Bertz CT molecular complexity index is 568. The first-order valence-corrected chi connectivity index (χ1v) is 6.53. The van der Waals surface area contributed by atoms with Crippen LogP contribution in [-0.4, -0.2) is 5.91 Å². The van der Waals surface area contributed by atoms with Crippen molar-refractivity contribution >= 4 is 57.7 Å². The first-order chi connectivity index (χ1) is 8.06. The van der Waals surface area contributed by atoms with Gasteiger partial charge in [-0.3, -0.25) is 4.79 Å². The number of anilines is 1. The third-order valence-electron chi connectivity index (χ3n) is 1.98. The Hall–Kier alpha value is -0.740. The van der Waals surface area contributed by atoms with Crippen LogP contribution in [0.3, 0.4) is 0 Å². The molecule has 1 aromatic carbocycles. The van der Waals surface area contributed by atoms with Gasteiger partial charge in [-0.05, 0) is 30.3 Å². The molecular formula is C11H6Cl3NOS. The summed E-state index contributed by atoms with van der Waals surface area (Å²) in [4.78, 5) is 12.3. The summed E-state index contributed by atoms with van der Waals surface area (Å²) in [5, 5.41) is 3.61. The molecule has 0 unspecified atom stereocenters. The van der Waals surface area contributed by atoms with Gasteiger partial charge in [0.2, 0.25) is 0 Å². The van der Waals surface area contributed by atoms with Crippen molar-refractivity contribution in [1.29, 1.82) is 0 Å². The Kier molecular flexibility index (Phi) is 3.94. The van der Waals surface area contributed by atoms with Crippen molar-refractivity contribution in [3.05, 3.63) is 49.6 Å². The monoisotopic (exact) mass is 305 g/mol. The number of benzene rings is 1. The quantitative estimate of drug-likeness (QED) is 0.834. The fourth-order valence-corrected chi connectivity index (χ4v) is 2.61. The van der Waals surface area contributed by atoms with E-state index in [0.717, 1.165) is 0 Å². The molecule has 1 amide bonds. The molecule has 0 aliphatic heterocycles. The molecule has 1 heterocycles. The van der Waals surface area contributed by atoms with Crippen molar-refractivity contribution in [2.75, 3.05) is 5.32 Å². The zero-order valence-corrected chi connectivity index (χ0v) is 11.4. The van der Waals surface area contributed by atoms with Crippen LogP contribution < -0.4 is 5.32 Å². The molecule has 0 saturated carbocycles. The predicted molar refractivity (Wildman–Crippen MR) is 73.7 cm³/mol. The highest BCUT2D eigenvalue weighted by molar-refractivity contribution is 7.18. The van der Waals surface area contributed by atoms with Gasteiger partial charge in [0.05, 0.1) is 19.9 Å². The largest absolute Gasteiger partial charge is 0.320 e. The first kappa shape index (κ1) is 12.7. The van der Waals surface area contributed by atoms with Gasteiger partial charge < -0.3 is 5.32 Å². The van der Waals surface area contributed by atoms with Gasteiger partial charge in [-0.1, -0.05) is 34.8 Å². The van der Waals surface area contributed by atoms with E-state index >= 15 is 0 Å². The van der Waals surface area contributed by atoms with Crippen LogP contribution in [0.1, 0.15) is 9.67 Å². The average Bonchev–Trinajstić information content (AvgIpc) is 2.69. The molecule has 6 heteroatoms. The van der Waals surface area contributed by atoms with Crippen LogP contribution in [0.4, 0.5) is 5.69 Å². The van der Waals surface area contributed by atoms with Gasteiger partial charge >= 0.3 is 0 Å². The normalized spacial score (nSPS) is 10.3. The fraction of sp³-hybridized carbons (Fsp3) is 0. The van der Waals surface area contributed by atoms with Gasteiger partial charge in [0.1, 0.15) is 0 Å². The minimum atomic E-state index is -0.244. The van der Waals surface area contributed by atoms with Crippen LogP contribution in [0, 0.1) is 0 Å². The molecule has 0 saturated heterocycles. The number of hydrogen-bond acceptors (Lipinski definition) is 2. The number of carbonyl (C=O) groups excluding carboxylic acids is 1. The van der Waals surface area contributed by atoms with E-state index in [1.165, 1.54) is 11.3 Å². The molecule has 17 heavy (non-hydrogen) atoms. The molecule has 0 atom stereocenters. The lowest BCUT2D eigenvalue weighted by Crippen LogP contribution is -2.10. The average molecular weight is 307 g/mol. The fourth-order valence-electron chi connectivity index (χ4n) is 1.21. The Morgan fingerprint density at radius 3 is 2.47 bits per heavy atom. The van der Waals surface area contributed by atoms with Crippen LogP contribution in [0.5, 0.6) is 0 Å². The number of halogens is 3. The van der Waals surface area contributed by atoms with E-state index < -0.39 is 0 Å². The highest BCUT2D eigenvalue weighted by atomic mass is 35.5. The van der Waals surface area contributed by atoms with E-state index in [1.807, 2.05) is 0 Å². The van der Waals surface area contributed by atoms with Crippen LogP contribution >= 0.6 is 46.1 Å². The van der Waals surface area contributed by atoms with Gasteiger partial charge in [-0.2, -0.15) is 0 Å². The third kappa shape index (κ3) is 3.13.